The first-order valence-electron chi connectivity index (χ1n) is 5.30. The molecule has 1 heterocycles. The highest BCUT2D eigenvalue weighted by Crippen LogP contribution is 2.39. The number of aliphatic hydroxyl groups is 1. The molecule has 2 nitrogen and oxygen atoms in total. The third-order valence-electron chi connectivity index (χ3n) is 2.45. The molecule has 0 aliphatic heterocycles. The Morgan fingerprint density at radius 1 is 1.32 bits per heavy atom. The van der Waals surface area contributed by atoms with Gasteiger partial charge in [-0.05, 0) is 25.1 Å². The van der Waals surface area contributed by atoms with Crippen molar-refractivity contribution in [1.29, 1.82) is 0 Å². The second-order valence-corrected chi connectivity index (χ2v) is 4.99. The molecule has 0 radical (unpaired) electrons. The van der Waals surface area contributed by atoms with Gasteiger partial charge in [-0.2, -0.15) is 13.2 Å². The van der Waals surface area contributed by atoms with Crippen molar-refractivity contribution in [2.75, 3.05) is 0 Å². The lowest BCUT2D eigenvalue weighted by Crippen LogP contribution is -2.07. The van der Waals surface area contributed by atoms with Gasteiger partial charge in [0.2, 0.25) is 0 Å². The summed E-state index contributed by atoms with van der Waals surface area (Å²) < 4.78 is 51.7. The first kappa shape index (κ1) is 14.0. The van der Waals surface area contributed by atoms with Crippen molar-refractivity contribution < 1.29 is 22.7 Å². The molecule has 1 aromatic heterocycles. The Bertz CT molecular complexity index is 592. The zero-order valence-corrected chi connectivity index (χ0v) is 10.5. The van der Waals surface area contributed by atoms with Crippen molar-refractivity contribution >= 4 is 11.3 Å². The zero-order valence-electron chi connectivity index (χ0n) is 9.70. The van der Waals surface area contributed by atoms with Crippen LogP contribution in [0.1, 0.15) is 23.5 Å². The fourth-order valence-electron chi connectivity index (χ4n) is 1.54. The Labute approximate surface area is 110 Å². The second-order valence-electron chi connectivity index (χ2n) is 3.93. The summed E-state index contributed by atoms with van der Waals surface area (Å²) in [6.07, 6.45) is -4.12. The van der Waals surface area contributed by atoms with E-state index in [1.807, 2.05) is 0 Å². The molecular weight excluding hydrogens is 282 g/mol. The largest absolute Gasteiger partial charge is 0.417 e. The molecular formula is C12H9F4NOS. The lowest BCUT2D eigenvalue weighted by atomic mass is 10.1. The summed E-state index contributed by atoms with van der Waals surface area (Å²) in [7, 11) is 0. The first-order chi connectivity index (χ1) is 8.79. The van der Waals surface area contributed by atoms with Crippen LogP contribution in [0, 0.1) is 5.82 Å². The molecule has 1 unspecified atom stereocenters. The van der Waals surface area contributed by atoms with Gasteiger partial charge in [0, 0.05) is 11.8 Å². The number of halogens is 4. The van der Waals surface area contributed by atoms with Crippen molar-refractivity contribution in [2.45, 2.75) is 19.2 Å². The van der Waals surface area contributed by atoms with Crippen LogP contribution in [-0.2, 0) is 6.18 Å². The fourth-order valence-corrected chi connectivity index (χ4v) is 2.43. The summed E-state index contributed by atoms with van der Waals surface area (Å²) in [6, 6.07) is 2.25. The highest BCUT2D eigenvalue weighted by molar-refractivity contribution is 7.15. The standard InChI is InChI=1S/C12H9F4NOS/c1-6(18)10-5-17-11(19-10)8-4-7(13)2-3-9(8)12(14,15)16/h2-6,18H,1H3. The number of aromatic nitrogens is 1. The lowest BCUT2D eigenvalue weighted by Gasteiger charge is -2.10. The molecule has 2 aromatic rings. The number of aliphatic hydroxyl groups excluding tert-OH is 1. The van der Waals surface area contributed by atoms with E-state index in [0.29, 0.717) is 10.9 Å². The number of thiazole rings is 1. The van der Waals surface area contributed by atoms with Crippen molar-refractivity contribution in [1.82, 2.24) is 4.98 Å². The van der Waals surface area contributed by atoms with Gasteiger partial charge in [0.25, 0.3) is 0 Å². The summed E-state index contributed by atoms with van der Waals surface area (Å²) in [5.41, 5.74) is -1.26. The molecule has 102 valence electrons. The van der Waals surface area contributed by atoms with Gasteiger partial charge in [0.1, 0.15) is 10.8 Å². The summed E-state index contributed by atoms with van der Waals surface area (Å²) >= 11 is 0.905. The minimum Gasteiger partial charge on any atom is -0.388 e. The molecule has 0 saturated carbocycles. The van der Waals surface area contributed by atoms with E-state index in [0.717, 1.165) is 23.5 Å². The molecule has 0 aliphatic carbocycles. The Morgan fingerprint density at radius 2 is 2.00 bits per heavy atom. The van der Waals surface area contributed by atoms with Crippen LogP contribution in [0.4, 0.5) is 17.6 Å². The highest BCUT2D eigenvalue weighted by Gasteiger charge is 2.34. The maximum absolute atomic E-state index is 13.1. The number of benzene rings is 1. The van der Waals surface area contributed by atoms with Gasteiger partial charge < -0.3 is 5.11 Å². The van der Waals surface area contributed by atoms with Crippen molar-refractivity contribution in [3.63, 3.8) is 0 Å². The third kappa shape index (κ3) is 2.93. The average molecular weight is 291 g/mol. The van der Waals surface area contributed by atoms with Gasteiger partial charge in [-0.25, -0.2) is 9.37 Å². The second kappa shape index (κ2) is 4.90. The van der Waals surface area contributed by atoms with Gasteiger partial charge in [0.15, 0.2) is 0 Å². The quantitative estimate of drug-likeness (QED) is 0.848. The molecule has 2 rings (SSSR count). The monoisotopic (exact) mass is 291 g/mol. The SMILES string of the molecule is CC(O)c1cnc(-c2cc(F)ccc2C(F)(F)F)s1. The predicted octanol–water partition coefficient (Wildman–Crippen LogP) is 4.02. The van der Waals surface area contributed by atoms with Crippen LogP contribution in [0.5, 0.6) is 0 Å². The minimum absolute atomic E-state index is 0.0303. The van der Waals surface area contributed by atoms with E-state index in [1.165, 1.54) is 13.1 Å². The van der Waals surface area contributed by atoms with Gasteiger partial charge in [-0.3, -0.25) is 0 Å². The zero-order chi connectivity index (χ0) is 14.2. The Balaban J connectivity index is 2.56. The molecule has 0 amide bonds. The summed E-state index contributed by atoms with van der Waals surface area (Å²) in [5, 5.41) is 9.37. The fraction of sp³-hybridized carbons (Fsp3) is 0.250. The Hall–Kier alpha value is -1.47. The van der Waals surface area contributed by atoms with E-state index in [9.17, 15) is 22.7 Å². The lowest BCUT2D eigenvalue weighted by molar-refractivity contribution is -0.137. The number of nitrogens with zero attached hydrogens (tertiary/aromatic N) is 1. The smallest absolute Gasteiger partial charge is 0.388 e. The van der Waals surface area contributed by atoms with Crippen molar-refractivity contribution in [3.8, 4) is 10.6 Å². The summed E-state index contributed by atoms with van der Waals surface area (Å²) in [5.74, 6) is -0.767. The van der Waals surface area contributed by atoms with Crippen LogP contribution in [-0.4, -0.2) is 10.1 Å². The topological polar surface area (TPSA) is 33.1 Å². The summed E-state index contributed by atoms with van der Waals surface area (Å²) in [4.78, 5) is 4.24. The van der Waals surface area contributed by atoms with E-state index in [4.69, 9.17) is 0 Å². The molecule has 19 heavy (non-hydrogen) atoms. The number of rotatable bonds is 2. The molecule has 1 N–H and O–H groups in total. The molecule has 0 spiro atoms. The van der Waals surface area contributed by atoms with Gasteiger partial charge in [-0.1, -0.05) is 0 Å². The maximum Gasteiger partial charge on any atom is 0.417 e. The van der Waals surface area contributed by atoms with Crippen molar-refractivity contribution in [3.05, 3.63) is 40.7 Å². The van der Waals surface area contributed by atoms with Gasteiger partial charge in [-0.15, -0.1) is 11.3 Å². The number of alkyl halides is 3. The van der Waals surface area contributed by atoms with Gasteiger partial charge in [0.05, 0.1) is 16.5 Å². The van der Waals surface area contributed by atoms with Crippen LogP contribution in [0.3, 0.4) is 0 Å². The first-order valence-corrected chi connectivity index (χ1v) is 6.11. The molecule has 0 bridgehead atoms. The van der Waals surface area contributed by atoms with E-state index >= 15 is 0 Å². The van der Waals surface area contributed by atoms with E-state index < -0.39 is 23.7 Å². The van der Waals surface area contributed by atoms with Crippen LogP contribution in [0.2, 0.25) is 0 Å². The van der Waals surface area contributed by atoms with E-state index in [-0.39, 0.29) is 10.6 Å². The van der Waals surface area contributed by atoms with Crippen LogP contribution < -0.4 is 0 Å². The molecule has 7 heteroatoms. The predicted molar refractivity (Wildman–Crippen MR) is 63.1 cm³/mol. The Morgan fingerprint density at radius 3 is 2.53 bits per heavy atom. The highest BCUT2D eigenvalue weighted by atomic mass is 32.1. The Kier molecular flexibility index (Phi) is 3.60. The van der Waals surface area contributed by atoms with Crippen LogP contribution >= 0.6 is 11.3 Å². The van der Waals surface area contributed by atoms with Crippen LogP contribution in [0.15, 0.2) is 24.4 Å². The average Bonchev–Trinajstić information content (AvgIpc) is 2.76. The molecule has 0 saturated heterocycles. The summed E-state index contributed by atoms with van der Waals surface area (Å²) in [6.45, 7) is 1.48. The molecule has 1 atom stereocenters. The number of hydrogen-bond donors (Lipinski definition) is 1. The minimum atomic E-state index is -4.58. The molecule has 0 aliphatic rings. The van der Waals surface area contributed by atoms with Crippen molar-refractivity contribution in [2.24, 2.45) is 0 Å². The van der Waals surface area contributed by atoms with E-state index in [1.54, 1.807) is 0 Å². The molecule has 0 fully saturated rings. The number of hydrogen-bond acceptors (Lipinski definition) is 3. The van der Waals surface area contributed by atoms with Crippen LogP contribution in [0.25, 0.3) is 10.6 Å². The normalized spacial score (nSPS) is 13.6. The maximum atomic E-state index is 13.1. The van der Waals surface area contributed by atoms with Gasteiger partial charge >= 0.3 is 6.18 Å². The third-order valence-corrected chi connectivity index (χ3v) is 3.65. The molecule has 1 aromatic carbocycles. The van der Waals surface area contributed by atoms with E-state index in [2.05, 4.69) is 4.98 Å².